The minimum absolute atomic E-state index is 1.81. The number of hydrogen-bond acceptors (Lipinski definition) is 3. The van der Waals surface area contributed by atoms with Crippen LogP contribution in [-0.4, -0.2) is 16.5 Å². The van der Waals surface area contributed by atoms with Crippen molar-refractivity contribution in [2.45, 2.75) is 102 Å². The number of aromatic hydroxyl groups is 1. The van der Waals surface area contributed by atoms with Crippen LogP contribution in [0.4, 0.5) is 0 Å². The lowest BCUT2D eigenvalue weighted by atomic mass is 9.66. The lowest BCUT2D eigenvalue weighted by Gasteiger charge is -2.47. The Hall–Kier alpha value is -1.51. The van der Waals surface area contributed by atoms with Gasteiger partial charge in [0.05, 0.1) is 2.74 Å². The molecule has 1 aliphatic heterocycles. The normalized spacial score (nSPS) is 56.3. The molecule has 3 rings (SSSR count). The van der Waals surface area contributed by atoms with E-state index in [4.69, 9.17) is 47.2 Å². The second-order valence-corrected chi connectivity index (χ2v) is 5.54. The van der Waals surface area contributed by atoms with Gasteiger partial charge in [-0.25, -0.2) is 0 Å². The van der Waals surface area contributed by atoms with Crippen LogP contribution in [-0.2, 0) is 10.2 Å². The third kappa shape index (κ3) is 4.02. The number of phenolic OH excluding ortho intramolecular Hbond substituents is 1. The van der Waals surface area contributed by atoms with Crippen molar-refractivity contribution in [3.63, 3.8) is 0 Å². The minimum atomic E-state index is -5.30. The van der Waals surface area contributed by atoms with Crippen LogP contribution in [0.15, 0.2) is 12.1 Å². The van der Waals surface area contributed by atoms with E-state index in [-0.39, 0.29) is 0 Å². The van der Waals surface area contributed by atoms with Gasteiger partial charge in [-0.1, -0.05) is 46.0 Å². The fraction of sp³-hybridized carbons (Fsp3) is 0.708. The van der Waals surface area contributed by atoms with Crippen LogP contribution in [0.2, 0.25) is 0 Å². The summed E-state index contributed by atoms with van der Waals surface area (Å²) in [6, 6.07) is -4.48. The number of fused-ring (bicyclic) bond motifs is 3. The molecule has 1 heterocycles. The maximum atomic E-state index is 13.3. The molecule has 0 bridgehead atoms. The van der Waals surface area contributed by atoms with Gasteiger partial charge < -0.3 is 9.84 Å². The van der Waals surface area contributed by atoms with Crippen LogP contribution in [0.25, 0.3) is 0 Å². The minimum Gasteiger partial charge on any atom is -0.508 e. The van der Waals surface area contributed by atoms with Crippen molar-refractivity contribution in [3.05, 3.63) is 23.2 Å². The first-order chi connectivity index (χ1) is 25.7. The number of rotatable bonds is 6. The quantitative estimate of drug-likeness (QED) is 0.607. The van der Waals surface area contributed by atoms with Gasteiger partial charge in [-0.05, 0) is 49.5 Å². The van der Waals surface area contributed by atoms with Gasteiger partial charge in [-0.2, -0.15) is 0 Å². The number of phenols is 1. The SMILES string of the molecule is [2H]c1c(O)c2c(c([2H])c1C(C([2H])([2H])[2H])(C([2H])([2H])[2H])C([2H])([2H])C([2H])([2H])C([2H])([2H])C([2H])([2H])C([2H])([2H])C([2H])([2H])[2H])OC(C([2H])([2H])[2H])(C([2H])([2H])[2H])[C@]1([2H])C([2H])([2H])C([2H])([2H])C(=O)C[C@@]21[2H]. The van der Waals surface area contributed by atoms with Crippen LogP contribution in [0.5, 0.6) is 11.5 Å². The zero-order valence-electron chi connectivity index (χ0n) is 46.5. The predicted molar refractivity (Wildman–Crippen MR) is 110 cm³/mol. The van der Waals surface area contributed by atoms with Crippen molar-refractivity contribution in [1.82, 2.24) is 0 Å². The Morgan fingerprint density at radius 3 is 3.04 bits per heavy atom. The molecule has 3 nitrogen and oxygen atoms in total. The van der Waals surface area contributed by atoms with Gasteiger partial charge in [0.15, 0.2) is 0 Å². The van der Waals surface area contributed by atoms with Gasteiger partial charge in [0.2, 0.25) is 0 Å². The average molecular weight is 406 g/mol. The molecule has 0 radical (unpaired) electrons. The molecule has 1 aromatic carbocycles. The predicted octanol–water partition coefficient (Wildman–Crippen LogP) is 6.26. The Labute approximate surface area is 210 Å². The Morgan fingerprint density at radius 1 is 1.44 bits per heavy atom. The van der Waals surface area contributed by atoms with Crippen LogP contribution in [0.3, 0.4) is 0 Å². The van der Waals surface area contributed by atoms with E-state index in [2.05, 4.69) is 0 Å². The molecule has 1 aromatic rings. The summed E-state index contributed by atoms with van der Waals surface area (Å²) in [5.41, 5.74) is -14.1. The standard InChI is InChI=1S/C24H36O3/c1-6-7-8-9-12-23(2,3)16-13-20(26)22-18-15-17(25)10-11-19(18)24(4,5)27-21(22)14-16/h13-14,18-19,26H,6-12,15H2,1-5H3/t18-,19-/m1/s1/i1D3,2D3,3D3,4D3,5D3,6D2,7D2,8D2,9D2,10D2,11D2,12D2,13D,14D,18D,19D. The fourth-order valence-electron chi connectivity index (χ4n) is 2.51. The van der Waals surface area contributed by atoms with Gasteiger partial charge >= 0.3 is 0 Å². The molecule has 0 aromatic heterocycles. The van der Waals surface area contributed by atoms with E-state index in [1.165, 1.54) is 0 Å². The highest BCUT2D eigenvalue weighted by molar-refractivity contribution is 5.81. The molecular formula is C24H36O3. The van der Waals surface area contributed by atoms with E-state index < -0.39 is 149 Å². The molecule has 2 atom stereocenters. The number of hydrogen-bond donors (Lipinski definition) is 1. The van der Waals surface area contributed by atoms with Crippen molar-refractivity contribution >= 4 is 5.78 Å². The Morgan fingerprint density at radius 2 is 2.30 bits per heavy atom. The number of carbonyl (C=O) groups excluding carboxylic acids is 1. The fourth-order valence-corrected chi connectivity index (χ4v) is 2.51. The van der Waals surface area contributed by atoms with Crippen molar-refractivity contribution in [2.24, 2.45) is 5.89 Å². The van der Waals surface area contributed by atoms with Gasteiger partial charge in [0.25, 0.3) is 0 Å². The molecule has 1 aliphatic carbocycles. The first kappa shape index (κ1) is 4.18. The molecule has 0 spiro atoms. The number of ketones is 1. The molecular weight excluding hydrogens is 336 g/mol. The Balaban J connectivity index is 2.87. The molecule has 1 fully saturated rings. The molecule has 150 valence electrons. The molecule has 0 amide bonds. The molecule has 2 aliphatic rings. The van der Waals surface area contributed by atoms with Crippen LogP contribution < -0.4 is 4.74 Å². The van der Waals surface area contributed by atoms with Gasteiger partial charge in [-0.15, -0.1) is 0 Å². The summed E-state index contributed by atoms with van der Waals surface area (Å²) < 4.78 is 282. The van der Waals surface area contributed by atoms with Crippen molar-refractivity contribution in [2.75, 3.05) is 0 Å². The van der Waals surface area contributed by atoms with E-state index in [0.29, 0.717) is 0 Å². The largest absolute Gasteiger partial charge is 0.508 e. The highest BCUT2D eigenvalue weighted by Gasteiger charge is 2.47. The molecule has 0 saturated heterocycles. The van der Waals surface area contributed by atoms with E-state index in [0.717, 1.165) is 0 Å². The first-order valence-electron chi connectivity index (χ1n) is 23.8. The Kier molecular flexibility index (Phi) is 1.16. The lowest BCUT2D eigenvalue weighted by molar-refractivity contribution is -0.124. The molecule has 1 saturated carbocycles. The maximum absolute atomic E-state index is 13.3. The number of benzene rings is 1. The molecule has 3 heteroatoms. The zero-order chi connectivity index (χ0) is 48.5. The van der Waals surface area contributed by atoms with E-state index in [1.807, 2.05) is 0 Å². The summed E-state index contributed by atoms with van der Waals surface area (Å²) in [5, 5.41) is 11.7. The third-order valence-electron chi connectivity index (χ3n) is 3.63. The Bertz CT molecular complexity index is 1900. The van der Waals surface area contributed by atoms with E-state index in [1.54, 1.807) is 0 Å². The van der Waals surface area contributed by atoms with Crippen molar-refractivity contribution in [3.8, 4) is 11.5 Å². The molecule has 1 N–H and O–H groups in total. The van der Waals surface area contributed by atoms with Crippen LogP contribution in [0.1, 0.15) is 148 Å². The topological polar surface area (TPSA) is 46.5 Å². The van der Waals surface area contributed by atoms with Gasteiger partial charge in [0.1, 0.15) is 22.9 Å². The van der Waals surface area contributed by atoms with E-state index >= 15 is 0 Å². The molecule has 0 unspecified atom stereocenters. The van der Waals surface area contributed by atoms with Crippen LogP contribution >= 0.6 is 0 Å². The van der Waals surface area contributed by atoms with Crippen molar-refractivity contribution < 1.29 is 59.9 Å². The lowest BCUT2D eigenvalue weighted by Crippen LogP contribution is -2.47. The van der Waals surface area contributed by atoms with Crippen LogP contribution in [0, 0.1) is 5.89 Å². The summed E-state index contributed by atoms with van der Waals surface area (Å²) >= 11 is 0. The summed E-state index contributed by atoms with van der Waals surface area (Å²) in [5.74, 6) is -14.9. The smallest absolute Gasteiger partial charge is 0.133 e. The zero-order valence-corrected chi connectivity index (χ0v) is 13.5. The highest BCUT2D eigenvalue weighted by atomic mass is 16.5. The summed E-state index contributed by atoms with van der Waals surface area (Å²) in [4.78, 5) is 13.3. The summed E-state index contributed by atoms with van der Waals surface area (Å²) in [6.45, 7) is -23.1. The number of Topliss-reactive ketones (excluding diaryl/α,β-unsaturated/α-hetero) is 1. The number of carbonyl (C=O) groups is 1. The van der Waals surface area contributed by atoms with Gasteiger partial charge in [-0.3, -0.25) is 4.79 Å². The molecule has 27 heavy (non-hydrogen) atoms. The first-order valence-corrected chi connectivity index (χ1v) is 7.29. The van der Waals surface area contributed by atoms with Gasteiger partial charge in [0, 0.05) is 72.6 Å². The second kappa shape index (κ2) is 7.48. The maximum Gasteiger partial charge on any atom is 0.133 e. The summed E-state index contributed by atoms with van der Waals surface area (Å²) in [7, 11) is 0. The van der Waals surface area contributed by atoms with E-state index in [9.17, 15) is 12.6 Å². The third-order valence-corrected chi connectivity index (χ3v) is 3.63. The monoisotopic (exact) mass is 405 g/mol. The van der Waals surface area contributed by atoms with Crippen molar-refractivity contribution in [1.29, 1.82) is 0 Å². The summed E-state index contributed by atoms with van der Waals surface area (Å²) in [6.07, 6.45) is -35.4. The highest BCUT2D eigenvalue weighted by Crippen LogP contribution is 2.54. The average Bonchev–Trinajstić information content (AvgIpc) is 2.98. The number of ether oxygens (including phenoxy) is 1. The second-order valence-electron chi connectivity index (χ2n) is 5.54.